The zero-order valence-electron chi connectivity index (χ0n) is 7.09. The molecule has 0 saturated carbocycles. The zero-order valence-corrected chi connectivity index (χ0v) is 7.09. The smallest absolute Gasteiger partial charge is 0.0869 e. The molecule has 0 saturated heterocycles. The van der Waals surface area contributed by atoms with Gasteiger partial charge < -0.3 is 4.74 Å². The van der Waals surface area contributed by atoms with Crippen molar-refractivity contribution in [2.45, 2.75) is 33.3 Å². The van der Waals surface area contributed by atoms with Crippen molar-refractivity contribution in [2.75, 3.05) is 13.2 Å². The van der Waals surface area contributed by atoms with Crippen molar-refractivity contribution >= 4 is 0 Å². The Morgan fingerprint density at radius 2 is 2.00 bits per heavy atom. The highest BCUT2D eigenvalue weighted by molar-refractivity contribution is 4.50. The normalized spacial score (nSPS) is 16.8. The van der Waals surface area contributed by atoms with E-state index in [2.05, 4.69) is 6.92 Å². The second-order valence-electron chi connectivity index (χ2n) is 2.82. The van der Waals surface area contributed by atoms with Crippen molar-refractivity contribution in [1.29, 1.82) is 0 Å². The van der Waals surface area contributed by atoms with E-state index in [1.54, 1.807) is 0 Å². The van der Waals surface area contributed by atoms with Crippen LogP contribution in [0.15, 0.2) is 0 Å². The summed E-state index contributed by atoms with van der Waals surface area (Å²) in [5, 5.41) is 10.3. The number of hydrogen-bond donors (Lipinski definition) is 0. The van der Waals surface area contributed by atoms with Crippen LogP contribution in [-0.4, -0.2) is 19.3 Å². The third kappa shape index (κ3) is 4.77. The average Bonchev–Trinajstić information content (AvgIpc) is 1.99. The first-order valence-corrected chi connectivity index (χ1v) is 3.90. The summed E-state index contributed by atoms with van der Waals surface area (Å²) in [6.45, 7) is 6.59. The molecule has 2 heteroatoms. The van der Waals surface area contributed by atoms with Crippen LogP contribution in [-0.2, 0) is 9.84 Å². The summed E-state index contributed by atoms with van der Waals surface area (Å²) in [5.74, 6) is 0.161. The van der Waals surface area contributed by atoms with Gasteiger partial charge >= 0.3 is 0 Å². The van der Waals surface area contributed by atoms with Gasteiger partial charge in [0.25, 0.3) is 0 Å². The molecule has 0 amide bonds. The van der Waals surface area contributed by atoms with E-state index in [1.807, 2.05) is 13.8 Å². The van der Waals surface area contributed by atoms with Gasteiger partial charge in [-0.25, -0.2) is 5.11 Å². The van der Waals surface area contributed by atoms with E-state index < -0.39 is 0 Å². The van der Waals surface area contributed by atoms with Crippen LogP contribution >= 0.6 is 0 Å². The molecule has 0 aromatic heterocycles. The van der Waals surface area contributed by atoms with Crippen LogP contribution in [0.4, 0.5) is 0 Å². The van der Waals surface area contributed by atoms with Crippen LogP contribution in [0.1, 0.15) is 27.2 Å². The second kappa shape index (κ2) is 5.69. The SMILES string of the molecule is CCC(C)OCC(C)C[O]. The number of ether oxygens (including phenoxy) is 1. The molecule has 10 heavy (non-hydrogen) atoms. The molecular formula is C8H17O2. The van der Waals surface area contributed by atoms with Crippen LogP contribution in [0.5, 0.6) is 0 Å². The highest BCUT2D eigenvalue weighted by Gasteiger charge is 2.03. The fourth-order valence-electron chi connectivity index (χ4n) is 0.494. The molecular weight excluding hydrogens is 128 g/mol. The predicted molar refractivity (Wildman–Crippen MR) is 40.4 cm³/mol. The zero-order chi connectivity index (χ0) is 7.98. The van der Waals surface area contributed by atoms with Crippen molar-refractivity contribution in [3.8, 4) is 0 Å². The Morgan fingerprint density at radius 1 is 1.40 bits per heavy atom. The van der Waals surface area contributed by atoms with E-state index in [4.69, 9.17) is 4.74 Å². The van der Waals surface area contributed by atoms with Gasteiger partial charge in [-0.1, -0.05) is 13.8 Å². The largest absolute Gasteiger partial charge is 0.378 e. The lowest BCUT2D eigenvalue weighted by Crippen LogP contribution is -2.14. The highest BCUT2D eigenvalue weighted by atomic mass is 16.5. The number of hydrogen-bond acceptors (Lipinski definition) is 1. The van der Waals surface area contributed by atoms with Gasteiger partial charge in [0.05, 0.1) is 19.3 Å². The molecule has 0 spiro atoms. The van der Waals surface area contributed by atoms with Gasteiger partial charge in [-0.15, -0.1) is 0 Å². The van der Waals surface area contributed by atoms with Crippen molar-refractivity contribution in [2.24, 2.45) is 5.92 Å². The van der Waals surface area contributed by atoms with Crippen LogP contribution in [0.3, 0.4) is 0 Å². The molecule has 0 aliphatic rings. The molecule has 0 rings (SSSR count). The highest BCUT2D eigenvalue weighted by Crippen LogP contribution is 2.00. The van der Waals surface area contributed by atoms with Gasteiger partial charge in [-0.05, 0) is 13.3 Å². The fourth-order valence-corrected chi connectivity index (χ4v) is 0.494. The first-order chi connectivity index (χ1) is 4.70. The van der Waals surface area contributed by atoms with Crippen LogP contribution < -0.4 is 0 Å². The molecule has 61 valence electrons. The molecule has 0 N–H and O–H groups in total. The molecule has 0 heterocycles. The van der Waals surface area contributed by atoms with Crippen molar-refractivity contribution in [3.05, 3.63) is 0 Å². The summed E-state index contributed by atoms with van der Waals surface area (Å²) >= 11 is 0. The molecule has 1 radical (unpaired) electrons. The summed E-state index contributed by atoms with van der Waals surface area (Å²) in [6.07, 6.45) is 1.32. The Bertz CT molecular complexity index is 63.7. The molecule has 0 fully saturated rings. The first-order valence-electron chi connectivity index (χ1n) is 3.90. The van der Waals surface area contributed by atoms with Gasteiger partial charge in [-0.3, -0.25) is 0 Å². The topological polar surface area (TPSA) is 29.1 Å². The van der Waals surface area contributed by atoms with E-state index >= 15 is 0 Å². The fraction of sp³-hybridized carbons (Fsp3) is 1.00. The minimum Gasteiger partial charge on any atom is -0.378 e. The Kier molecular flexibility index (Phi) is 5.64. The van der Waals surface area contributed by atoms with Gasteiger partial charge in [0.1, 0.15) is 0 Å². The van der Waals surface area contributed by atoms with Crippen LogP contribution in [0.25, 0.3) is 0 Å². The van der Waals surface area contributed by atoms with Crippen molar-refractivity contribution in [3.63, 3.8) is 0 Å². The molecule has 2 unspecified atom stereocenters. The lowest BCUT2D eigenvalue weighted by Gasteiger charge is -2.12. The predicted octanol–water partition coefficient (Wildman–Crippen LogP) is 1.87. The molecule has 0 aliphatic heterocycles. The second-order valence-corrected chi connectivity index (χ2v) is 2.82. The summed E-state index contributed by atoms with van der Waals surface area (Å²) in [5.41, 5.74) is 0. The minimum absolute atomic E-state index is 0.0313. The third-order valence-corrected chi connectivity index (χ3v) is 1.52. The van der Waals surface area contributed by atoms with E-state index in [0.717, 1.165) is 6.42 Å². The van der Waals surface area contributed by atoms with Gasteiger partial charge in [0.15, 0.2) is 0 Å². The quantitative estimate of drug-likeness (QED) is 0.580. The van der Waals surface area contributed by atoms with E-state index in [9.17, 15) is 5.11 Å². The Morgan fingerprint density at radius 3 is 2.40 bits per heavy atom. The van der Waals surface area contributed by atoms with E-state index in [0.29, 0.717) is 12.7 Å². The first kappa shape index (κ1) is 9.92. The van der Waals surface area contributed by atoms with Crippen LogP contribution in [0, 0.1) is 5.92 Å². The van der Waals surface area contributed by atoms with Crippen LogP contribution in [0.2, 0.25) is 0 Å². The Balaban J connectivity index is 3.17. The molecule has 0 aromatic carbocycles. The van der Waals surface area contributed by atoms with Crippen molar-refractivity contribution in [1.82, 2.24) is 0 Å². The van der Waals surface area contributed by atoms with Crippen molar-refractivity contribution < 1.29 is 9.84 Å². The average molecular weight is 145 g/mol. The summed E-state index contributed by atoms with van der Waals surface area (Å²) < 4.78 is 5.34. The maximum Gasteiger partial charge on any atom is 0.0869 e. The standard InChI is InChI=1S/C8H17O2/c1-4-8(3)10-6-7(2)5-9/h7-8H,4-6H2,1-3H3. The summed E-state index contributed by atoms with van der Waals surface area (Å²) in [7, 11) is 0. The third-order valence-electron chi connectivity index (χ3n) is 1.52. The maximum atomic E-state index is 10.3. The van der Waals surface area contributed by atoms with E-state index in [1.165, 1.54) is 0 Å². The molecule has 2 nitrogen and oxygen atoms in total. The number of rotatable bonds is 5. The molecule has 0 aliphatic carbocycles. The van der Waals surface area contributed by atoms with Gasteiger partial charge in [0.2, 0.25) is 0 Å². The minimum atomic E-state index is -0.0313. The lowest BCUT2D eigenvalue weighted by atomic mass is 10.2. The van der Waals surface area contributed by atoms with E-state index in [-0.39, 0.29) is 12.5 Å². The maximum absolute atomic E-state index is 10.3. The Hall–Kier alpha value is -0.0800. The molecule has 2 atom stereocenters. The Labute approximate surface area is 63.2 Å². The van der Waals surface area contributed by atoms with Gasteiger partial charge in [0, 0.05) is 5.92 Å². The lowest BCUT2D eigenvalue weighted by molar-refractivity contribution is 0.0172. The molecule has 0 bridgehead atoms. The summed E-state index contributed by atoms with van der Waals surface area (Å²) in [4.78, 5) is 0. The monoisotopic (exact) mass is 145 g/mol. The van der Waals surface area contributed by atoms with Gasteiger partial charge in [-0.2, -0.15) is 0 Å². The molecule has 0 aromatic rings. The summed E-state index contributed by atoms with van der Waals surface area (Å²) in [6, 6.07) is 0.